The van der Waals surface area contributed by atoms with E-state index in [-0.39, 0.29) is 0 Å². The Morgan fingerprint density at radius 2 is 2.26 bits per heavy atom. The van der Waals surface area contributed by atoms with Crippen molar-refractivity contribution in [2.75, 3.05) is 0 Å². The molecule has 19 heavy (non-hydrogen) atoms. The van der Waals surface area contributed by atoms with E-state index in [1.807, 2.05) is 22.7 Å². The van der Waals surface area contributed by atoms with Crippen LogP contribution in [0.1, 0.15) is 57.9 Å². The van der Waals surface area contributed by atoms with Gasteiger partial charge in [0.05, 0.1) is 10.7 Å². The van der Waals surface area contributed by atoms with Gasteiger partial charge in [0.15, 0.2) is 0 Å². The lowest BCUT2D eigenvalue weighted by Crippen LogP contribution is -2.26. The fourth-order valence-electron chi connectivity index (χ4n) is 2.99. The smallest absolute Gasteiger partial charge is 0.0900 e. The highest BCUT2D eigenvalue weighted by atomic mass is 32.1. The highest BCUT2D eigenvalue weighted by molar-refractivity contribution is 7.11. The molecular formula is C15H20N2S2. The molecule has 1 aliphatic carbocycles. The molecule has 2 atom stereocenters. The molecule has 0 aromatic carbocycles. The summed E-state index contributed by atoms with van der Waals surface area (Å²) in [5.41, 5.74) is 2.71. The van der Waals surface area contributed by atoms with Crippen LogP contribution in [0, 0.1) is 13.8 Å². The second-order valence-electron chi connectivity index (χ2n) is 5.31. The van der Waals surface area contributed by atoms with E-state index < -0.39 is 0 Å². The molecule has 0 aliphatic heterocycles. The van der Waals surface area contributed by atoms with Crippen molar-refractivity contribution in [3.8, 4) is 0 Å². The van der Waals surface area contributed by atoms with E-state index in [0.29, 0.717) is 12.1 Å². The van der Waals surface area contributed by atoms with Gasteiger partial charge in [-0.2, -0.15) is 0 Å². The molecule has 0 spiro atoms. The van der Waals surface area contributed by atoms with Crippen LogP contribution >= 0.6 is 22.7 Å². The van der Waals surface area contributed by atoms with Crippen molar-refractivity contribution in [2.24, 2.45) is 0 Å². The Morgan fingerprint density at radius 1 is 1.42 bits per heavy atom. The standard InChI is InChI=1S/C15H20N2S2/c1-9-15(19-11(3)16-9)10(2)17-13-5-4-6-14-12(13)7-8-18-14/h7-8,10,13,17H,4-6H2,1-3H3. The zero-order valence-corrected chi connectivity index (χ0v) is 13.3. The maximum atomic E-state index is 4.54. The van der Waals surface area contributed by atoms with Gasteiger partial charge in [-0.3, -0.25) is 0 Å². The molecule has 102 valence electrons. The molecule has 0 saturated carbocycles. The van der Waals surface area contributed by atoms with Crippen LogP contribution in [0.15, 0.2) is 11.4 Å². The first-order valence-corrected chi connectivity index (χ1v) is 8.61. The molecule has 2 heterocycles. The predicted molar refractivity (Wildman–Crippen MR) is 83.1 cm³/mol. The summed E-state index contributed by atoms with van der Waals surface area (Å²) in [6.07, 6.45) is 3.82. The first-order valence-electron chi connectivity index (χ1n) is 6.91. The van der Waals surface area contributed by atoms with Crippen LogP contribution < -0.4 is 5.32 Å². The molecule has 2 nitrogen and oxygen atoms in total. The first-order chi connectivity index (χ1) is 9.15. The molecule has 0 saturated heterocycles. The molecule has 4 heteroatoms. The van der Waals surface area contributed by atoms with Crippen LogP contribution in [-0.2, 0) is 6.42 Å². The second-order valence-corrected chi connectivity index (χ2v) is 7.55. The van der Waals surface area contributed by atoms with Crippen LogP contribution in [0.25, 0.3) is 0 Å². The third-order valence-electron chi connectivity index (χ3n) is 3.84. The van der Waals surface area contributed by atoms with E-state index in [2.05, 4.69) is 42.5 Å². The molecule has 0 radical (unpaired) electrons. The van der Waals surface area contributed by atoms with E-state index in [1.54, 1.807) is 4.88 Å². The van der Waals surface area contributed by atoms with E-state index in [1.165, 1.54) is 40.4 Å². The molecule has 2 aromatic rings. The fraction of sp³-hybridized carbons (Fsp3) is 0.533. The van der Waals surface area contributed by atoms with Crippen LogP contribution in [0.2, 0.25) is 0 Å². The number of thiazole rings is 1. The maximum Gasteiger partial charge on any atom is 0.0900 e. The summed E-state index contributed by atoms with van der Waals surface area (Å²) in [5.74, 6) is 0. The van der Waals surface area contributed by atoms with Gasteiger partial charge in [0.25, 0.3) is 0 Å². The number of fused-ring (bicyclic) bond motifs is 1. The van der Waals surface area contributed by atoms with Gasteiger partial charge in [0.1, 0.15) is 0 Å². The summed E-state index contributed by atoms with van der Waals surface area (Å²) < 4.78 is 0. The van der Waals surface area contributed by atoms with Crippen molar-refractivity contribution in [3.63, 3.8) is 0 Å². The van der Waals surface area contributed by atoms with Gasteiger partial charge in [0.2, 0.25) is 0 Å². The molecule has 1 N–H and O–H groups in total. The number of thiophene rings is 1. The van der Waals surface area contributed by atoms with E-state index in [0.717, 1.165) is 0 Å². The fourth-order valence-corrected chi connectivity index (χ4v) is 4.91. The third-order valence-corrected chi connectivity index (χ3v) is 6.09. The van der Waals surface area contributed by atoms with E-state index in [4.69, 9.17) is 0 Å². The van der Waals surface area contributed by atoms with Gasteiger partial charge >= 0.3 is 0 Å². The Balaban J connectivity index is 1.78. The number of nitrogens with one attached hydrogen (secondary N) is 1. The minimum atomic E-state index is 0.391. The molecule has 0 fully saturated rings. The lowest BCUT2D eigenvalue weighted by molar-refractivity contribution is 0.420. The highest BCUT2D eigenvalue weighted by Crippen LogP contribution is 2.35. The van der Waals surface area contributed by atoms with E-state index in [9.17, 15) is 0 Å². The van der Waals surface area contributed by atoms with Crippen LogP contribution in [0.5, 0.6) is 0 Å². The van der Waals surface area contributed by atoms with Gasteiger partial charge in [0, 0.05) is 21.8 Å². The molecule has 2 aromatic heterocycles. The van der Waals surface area contributed by atoms with Crippen molar-refractivity contribution in [3.05, 3.63) is 37.5 Å². The Morgan fingerprint density at radius 3 is 3.00 bits per heavy atom. The van der Waals surface area contributed by atoms with Crippen molar-refractivity contribution in [1.82, 2.24) is 10.3 Å². The van der Waals surface area contributed by atoms with Crippen LogP contribution in [-0.4, -0.2) is 4.98 Å². The molecule has 0 amide bonds. The number of hydrogen-bond acceptors (Lipinski definition) is 4. The minimum absolute atomic E-state index is 0.391. The summed E-state index contributed by atoms with van der Waals surface area (Å²) in [7, 11) is 0. The van der Waals surface area contributed by atoms with Gasteiger partial charge in [-0.1, -0.05) is 0 Å². The Bertz CT molecular complexity index is 570. The lowest BCUT2D eigenvalue weighted by Gasteiger charge is -2.27. The number of aromatic nitrogens is 1. The Hall–Kier alpha value is -0.710. The van der Waals surface area contributed by atoms with Gasteiger partial charge in [-0.05, 0) is 57.0 Å². The van der Waals surface area contributed by atoms with Crippen molar-refractivity contribution in [1.29, 1.82) is 0 Å². The first kappa shape index (κ1) is 13.3. The van der Waals surface area contributed by atoms with Crippen molar-refractivity contribution in [2.45, 2.75) is 52.1 Å². The third kappa shape index (κ3) is 2.62. The monoisotopic (exact) mass is 292 g/mol. The maximum absolute atomic E-state index is 4.54. The Kier molecular flexibility index (Phi) is 3.74. The molecular weight excluding hydrogens is 272 g/mol. The average molecular weight is 292 g/mol. The quantitative estimate of drug-likeness (QED) is 0.897. The largest absolute Gasteiger partial charge is 0.302 e. The number of aryl methyl sites for hydroxylation is 3. The average Bonchev–Trinajstić information content (AvgIpc) is 2.96. The summed E-state index contributed by atoms with van der Waals surface area (Å²) in [6.45, 7) is 6.47. The second kappa shape index (κ2) is 5.35. The van der Waals surface area contributed by atoms with Crippen molar-refractivity contribution < 1.29 is 0 Å². The summed E-state index contributed by atoms with van der Waals surface area (Å²) in [4.78, 5) is 7.51. The summed E-state index contributed by atoms with van der Waals surface area (Å²) in [5, 5.41) is 7.21. The van der Waals surface area contributed by atoms with Gasteiger partial charge in [-0.25, -0.2) is 4.98 Å². The summed E-state index contributed by atoms with van der Waals surface area (Å²) in [6, 6.07) is 3.21. The number of hydrogen-bond donors (Lipinski definition) is 1. The van der Waals surface area contributed by atoms with Crippen LogP contribution in [0.3, 0.4) is 0 Å². The normalized spacial score (nSPS) is 20.3. The SMILES string of the molecule is Cc1nc(C)c(C(C)NC2CCCc3sccc32)s1. The highest BCUT2D eigenvalue weighted by Gasteiger charge is 2.24. The van der Waals surface area contributed by atoms with Crippen molar-refractivity contribution >= 4 is 22.7 Å². The number of nitrogens with zero attached hydrogens (tertiary/aromatic N) is 1. The zero-order valence-electron chi connectivity index (χ0n) is 11.7. The van der Waals surface area contributed by atoms with Gasteiger partial charge in [-0.15, -0.1) is 22.7 Å². The van der Waals surface area contributed by atoms with E-state index >= 15 is 0 Å². The molecule has 0 bridgehead atoms. The summed E-state index contributed by atoms with van der Waals surface area (Å²) >= 11 is 3.73. The topological polar surface area (TPSA) is 24.9 Å². The molecule has 1 aliphatic rings. The predicted octanol–water partition coefficient (Wildman–Crippen LogP) is 4.55. The Labute approximate surface area is 122 Å². The molecule has 2 unspecified atom stereocenters. The lowest BCUT2D eigenvalue weighted by atomic mass is 9.93. The zero-order chi connectivity index (χ0) is 13.4. The molecule has 3 rings (SSSR count). The van der Waals surface area contributed by atoms with Gasteiger partial charge < -0.3 is 5.32 Å². The minimum Gasteiger partial charge on any atom is -0.302 e. The van der Waals surface area contributed by atoms with Crippen LogP contribution in [0.4, 0.5) is 0 Å². The number of rotatable bonds is 3.